The monoisotopic (exact) mass is 510 g/mol. The highest BCUT2D eigenvalue weighted by Crippen LogP contribution is 2.06. The van der Waals surface area contributed by atoms with Crippen LogP contribution in [0.25, 0.3) is 10.4 Å². The second-order valence-corrected chi connectivity index (χ2v) is 7.69. The van der Waals surface area contributed by atoms with Gasteiger partial charge >= 0.3 is 6.09 Å². The minimum absolute atomic E-state index is 0.207. The van der Waals surface area contributed by atoms with Crippen LogP contribution in [0.4, 0.5) is 4.79 Å². The fourth-order valence-electron chi connectivity index (χ4n) is 2.08. The molecule has 0 aromatic rings. The fraction of sp³-hybridized carbons (Fsp3) is 0.952. The summed E-state index contributed by atoms with van der Waals surface area (Å²) in [6, 6.07) is 0. The average molecular weight is 511 g/mol. The molecule has 35 heavy (non-hydrogen) atoms. The standard InChI is InChI=1S/C21H42N4O10/c1-21(2,3)35-20(26)24-34-19-18-33-17-16-32-15-14-31-13-12-30-11-10-29-9-8-28-7-6-27-5-4-23-25-22/h4-19H2,1-3H3,(H,24,26). The molecule has 0 aliphatic rings. The molecule has 1 N–H and O–H groups in total. The van der Waals surface area contributed by atoms with Crippen molar-refractivity contribution in [2.45, 2.75) is 26.4 Å². The van der Waals surface area contributed by atoms with Crippen LogP contribution in [0, 0.1) is 0 Å². The van der Waals surface area contributed by atoms with Gasteiger partial charge in [-0.3, -0.25) is 4.84 Å². The first kappa shape index (κ1) is 33.3. The number of rotatable bonds is 25. The second kappa shape index (κ2) is 25.4. The quantitative estimate of drug-likeness (QED) is 0.0631. The van der Waals surface area contributed by atoms with Gasteiger partial charge < -0.3 is 37.9 Å². The van der Waals surface area contributed by atoms with Crippen molar-refractivity contribution in [2.24, 2.45) is 5.11 Å². The molecular formula is C21H42N4O10. The molecule has 0 fully saturated rings. The van der Waals surface area contributed by atoms with Crippen LogP contribution in [0.15, 0.2) is 5.11 Å². The van der Waals surface area contributed by atoms with Gasteiger partial charge in [-0.2, -0.15) is 5.48 Å². The maximum absolute atomic E-state index is 11.3. The molecule has 0 saturated heterocycles. The SMILES string of the molecule is CC(C)(C)OC(=O)NOCCOCCOCCOCCOCCOCCOCCOCCN=[N+]=[N-]. The molecule has 0 unspecified atom stereocenters. The van der Waals surface area contributed by atoms with Crippen molar-refractivity contribution in [3.8, 4) is 0 Å². The van der Waals surface area contributed by atoms with Gasteiger partial charge in [-0.05, 0) is 26.3 Å². The van der Waals surface area contributed by atoms with Gasteiger partial charge in [0.25, 0.3) is 0 Å². The van der Waals surface area contributed by atoms with Gasteiger partial charge in [-0.25, -0.2) is 4.79 Å². The lowest BCUT2D eigenvalue weighted by molar-refractivity contribution is -0.0380. The van der Waals surface area contributed by atoms with E-state index in [0.29, 0.717) is 99.0 Å². The molecule has 0 aromatic carbocycles. The molecule has 0 rings (SSSR count). The highest BCUT2D eigenvalue weighted by molar-refractivity contribution is 5.66. The minimum atomic E-state index is -0.638. The molecule has 1 amide bonds. The molecule has 0 spiro atoms. The summed E-state index contributed by atoms with van der Waals surface area (Å²) >= 11 is 0. The molecule has 0 saturated carbocycles. The van der Waals surface area contributed by atoms with E-state index in [1.54, 1.807) is 20.8 Å². The summed E-state index contributed by atoms with van der Waals surface area (Å²) < 4.78 is 42.4. The number of hydrogen-bond donors (Lipinski definition) is 1. The van der Waals surface area contributed by atoms with Gasteiger partial charge in [-0.1, -0.05) is 5.11 Å². The fourth-order valence-corrected chi connectivity index (χ4v) is 2.08. The topological polar surface area (TPSA) is 161 Å². The summed E-state index contributed by atoms with van der Waals surface area (Å²) in [6.45, 7) is 12.1. The molecule has 0 aliphatic heterocycles. The maximum atomic E-state index is 11.3. The number of azide groups is 1. The third-order valence-electron chi connectivity index (χ3n) is 3.52. The van der Waals surface area contributed by atoms with Crippen LogP contribution < -0.4 is 5.48 Å². The summed E-state index contributed by atoms with van der Waals surface area (Å²) in [6.07, 6.45) is -0.638. The van der Waals surface area contributed by atoms with E-state index in [4.69, 9.17) is 48.3 Å². The Hall–Kier alpha value is -1.74. The van der Waals surface area contributed by atoms with Crippen molar-refractivity contribution in [3.05, 3.63) is 10.4 Å². The van der Waals surface area contributed by atoms with Crippen molar-refractivity contribution in [3.63, 3.8) is 0 Å². The molecule has 0 bridgehead atoms. The molecule has 0 radical (unpaired) electrons. The molecule has 206 valence electrons. The summed E-state index contributed by atoms with van der Waals surface area (Å²) in [5.41, 5.74) is 9.72. The molecular weight excluding hydrogens is 468 g/mol. The average Bonchev–Trinajstić information content (AvgIpc) is 2.80. The number of hydroxylamine groups is 1. The first-order valence-corrected chi connectivity index (χ1v) is 11.6. The van der Waals surface area contributed by atoms with Crippen molar-refractivity contribution in [1.29, 1.82) is 0 Å². The highest BCUT2D eigenvalue weighted by Gasteiger charge is 2.15. The van der Waals surface area contributed by atoms with E-state index in [0.717, 1.165) is 0 Å². The Labute approximate surface area is 207 Å². The van der Waals surface area contributed by atoms with Crippen LogP contribution in [0.1, 0.15) is 20.8 Å². The summed E-state index contributed by atoms with van der Waals surface area (Å²) in [5, 5.41) is 3.36. The van der Waals surface area contributed by atoms with Crippen LogP contribution in [-0.4, -0.2) is 117 Å². The molecule has 0 aliphatic carbocycles. The third kappa shape index (κ3) is 30.2. The largest absolute Gasteiger partial charge is 0.442 e. The van der Waals surface area contributed by atoms with E-state index in [1.165, 1.54) is 0 Å². The lowest BCUT2D eigenvalue weighted by Crippen LogP contribution is -2.33. The van der Waals surface area contributed by atoms with Crippen LogP contribution in [0.2, 0.25) is 0 Å². The molecule has 0 atom stereocenters. The number of carbonyl (C=O) groups is 1. The van der Waals surface area contributed by atoms with Crippen molar-refractivity contribution in [2.75, 3.05) is 106 Å². The first-order valence-electron chi connectivity index (χ1n) is 11.6. The zero-order valence-electron chi connectivity index (χ0n) is 21.2. The van der Waals surface area contributed by atoms with E-state index < -0.39 is 11.7 Å². The van der Waals surface area contributed by atoms with E-state index >= 15 is 0 Å². The van der Waals surface area contributed by atoms with E-state index in [-0.39, 0.29) is 6.61 Å². The van der Waals surface area contributed by atoms with Gasteiger partial charge in [0.2, 0.25) is 0 Å². The number of hydrogen-bond acceptors (Lipinski definition) is 11. The molecule has 14 heteroatoms. The lowest BCUT2D eigenvalue weighted by Gasteiger charge is -2.19. The zero-order valence-corrected chi connectivity index (χ0v) is 21.2. The Balaban J connectivity index is 3.11. The maximum Gasteiger partial charge on any atom is 0.431 e. The zero-order chi connectivity index (χ0) is 25.9. The second-order valence-electron chi connectivity index (χ2n) is 7.69. The van der Waals surface area contributed by atoms with Crippen LogP contribution in [-0.2, 0) is 42.7 Å². The number of amides is 1. The van der Waals surface area contributed by atoms with Crippen molar-refractivity contribution < 1.29 is 47.5 Å². The van der Waals surface area contributed by atoms with Crippen LogP contribution in [0.3, 0.4) is 0 Å². The molecule has 0 heterocycles. The van der Waals surface area contributed by atoms with Crippen molar-refractivity contribution in [1.82, 2.24) is 5.48 Å². The van der Waals surface area contributed by atoms with Crippen LogP contribution in [0.5, 0.6) is 0 Å². The number of nitrogens with one attached hydrogen (secondary N) is 1. The van der Waals surface area contributed by atoms with E-state index in [2.05, 4.69) is 15.5 Å². The molecule has 0 aromatic heterocycles. The summed E-state index contributed by atoms with van der Waals surface area (Å²) in [4.78, 5) is 18.9. The van der Waals surface area contributed by atoms with Gasteiger partial charge in [-0.15, -0.1) is 0 Å². The Morgan fingerprint density at radius 2 is 1.00 bits per heavy atom. The Morgan fingerprint density at radius 3 is 1.34 bits per heavy atom. The highest BCUT2D eigenvalue weighted by atomic mass is 16.7. The number of ether oxygens (including phenoxy) is 8. The first-order chi connectivity index (χ1) is 17.0. The van der Waals surface area contributed by atoms with Gasteiger partial charge in [0.15, 0.2) is 0 Å². The predicted octanol–water partition coefficient (Wildman–Crippen LogP) is 1.87. The normalized spacial score (nSPS) is 11.3. The minimum Gasteiger partial charge on any atom is -0.442 e. The van der Waals surface area contributed by atoms with Crippen molar-refractivity contribution >= 4 is 6.09 Å². The van der Waals surface area contributed by atoms with Gasteiger partial charge in [0, 0.05) is 11.5 Å². The van der Waals surface area contributed by atoms with Gasteiger partial charge in [0.05, 0.1) is 99.1 Å². The molecule has 14 nitrogen and oxygen atoms in total. The predicted molar refractivity (Wildman–Crippen MR) is 125 cm³/mol. The van der Waals surface area contributed by atoms with E-state index in [1.807, 2.05) is 0 Å². The summed E-state index contributed by atoms with van der Waals surface area (Å²) in [7, 11) is 0. The lowest BCUT2D eigenvalue weighted by atomic mass is 10.2. The van der Waals surface area contributed by atoms with E-state index in [9.17, 15) is 4.79 Å². The van der Waals surface area contributed by atoms with Gasteiger partial charge in [0.1, 0.15) is 5.60 Å². The Bertz CT molecular complexity index is 531. The Kier molecular flexibility index (Phi) is 24.1. The number of nitrogens with zero attached hydrogens (tertiary/aromatic N) is 3. The summed E-state index contributed by atoms with van der Waals surface area (Å²) in [5.74, 6) is 0. The number of carbonyl (C=O) groups excluding carboxylic acids is 1. The van der Waals surface area contributed by atoms with Crippen LogP contribution >= 0.6 is 0 Å². The smallest absolute Gasteiger partial charge is 0.431 e. The Morgan fingerprint density at radius 1 is 0.657 bits per heavy atom. The third-order valence-corrected chi connectivity index (χ3v) is 3.52.